The first-order valence-electron chi connectivity index (χ1n) is 7.26. The highest BCUT2D eigenvalue weighted by molar-refractivity contribution is 5.18. The summed E-state index contributed by atoms with van der Waals surface area (Å²) < 4.78 is 5.74. The van der Waals surface area contributed by atoms with Crippen LogP contribution in [0.5, 0.6) is 0 Å². The Morgan fingerprint density at radius 3 is 2.72 bits per heavy atom. The zero-order valence-corrected chi connectivity index (χ0v) is 11.6. The molecule has 2 heteroatoms. The zero-order chi connectivity index (χ0) is 12.8. The first kappa shape index (κ1) is 13.6. The van der Waals surface area contributed by atoms with E-state index in [1.807, 2.05) is 0 Å². The molecule has 3 unspecified atom stereocenters. The van der Waals surface area contributed by atoms with Gasteiger partial charge in [-0.2, -0.15) is 0 Å². The average Bonchev–Trinajstić information content (AvgIpc) is 2.46. The fraction of sp³-hybridized carbons (Fsp3) is 0.625. The number of hydrogen-bond acceptors (Lipinski definition) is 2. The number of nitrogens with one attached hydrogen (secondary N) is 1. The normalized spacial score (nSPS) is 25.9. The van der Waals surface area contributed by atoms with E-state index in [1.165, 1.54) is 5.56 Å². The van der Waals surface area contributed by atoms with E-state index in [9.17, 15) is 0 Å². The molecule has 2 rings (SSSR count). The second kappa shape index (κ2) is 6.91. The van der Waals surface area contributed by atoms with Gasteiger partial charge in [0.2, 0.25) is 0 Å². The molecule has 0 radical (unpaired) electrons. The Bertz CT molecular complexity index is 338. The highest BCUT2D eigenvalue weighted by atomic mass is 16.5. The first-order valence-corrected chi connectivity index (χ1v) is 7.26. The fourth-order valence-corrected chi connectivity index (χ4v) is 2.74. The Morgan fingerprint density at radius 2 is 2.06 bits per heavy atom. The van der Waals surface area contributed by atoms with Crippen LogP contribution >= 0.6 is 0 Å². The van der Waals surface area contributed by atoms with E-state index in [1.54, 1.807) is 0 Å². The molecule has 3 atom stereocenters. The van der Waals surface area contributed by atoms with Gasteiger partial charge in [0.25, 0.3) is 0 Å². The van der Waals surface area contributed by atoms with Crippen LogP contribution in [0.15, 0.2) is 30.3 Å². The summed E-state index contributed by atoms with van der Waals surface area (Å²) in [7, 11) is 0. The Hall–Kier alpha value is -0.860. The lowest BCUT2D eigenvalue weighted by atomic mass is 9.98. The van der Waals surface area contributed by atoms with Crippen molar-refractivity contribution in [3.8, 4) is 0 Å². The van der Waals surface area contributed by atoms with Crippen LogP contribution in [0, 0.1) is 0 Å². The summed E-state index contributed by atoms with van der Waals surface area (Å²) in [5.74, 6) is 0. The Kier molecular flexibility index (Phi) is 5.21. The maximum absolute atomic E-state index is 5.74. The third kappa shape index (κ3) is 3.56. The SMILES string of the molecule is CCC1CC(NC(CC)c2ccccc2)CCO1. The fourth-order valence-electron chi connectivity index (χ4n) is 2.74. The second-order valence-electron chi connectivity index (χ2n) is 5.16. The molecule has 0 aliphatic carbocycles. The quantitative estimate of drug-likeness (QED) is 0.857. The molecule has 0 bridgehead atoms. The van der Waals surface area contributed by atoms with Crippen molar-refractivity contribution in [1.29, 1.82) is 0 Å². The van der Waals surface area contributed by atoms with Gasteiger partial charge in [0.05, 0.1) is 6.10 Å². The summed E-state index contributed by atoms with van der Waals surface area (Å²) in [5, 5.41) is 3.81. The molecule has 0 saturated carbocycles. The van der Waals surface area contributed by atoms with Gasteiger partial charge >= 0.3 is 0 Å². The molecule has 18 heavy (non-hydrogen) atoms. The standard InChI is InChI=1S/C16H25NO/c1-3-15-12-14(10-11-18-15)17-16(4-2)13-8-6-5-7-9-13/h5-9,14-17H,3-4,10-12H2,1-2H3. The third-order valence-electron chi connectivity index (χ3n) is 3.87. The maximum atomic E-state index is 5.74. The van der Waals surface area contributed by atoms with Crippen molar-refractivity contribution in [3.63, 3.8) is 0 Å². The molecule has 0 spiro atoms. The zero-order valence-electron chi connectivity index (χ0n) is 11.6. The van der Waals surface area contributed by atoms with E-state index < -0.39 is 0 Å². The van der Waals surface area contributed by atoms with Crippen LogP contribution in [-0.4, -0.2) is 18.8 Å². The Balaban J connectivity index is 1.94. The van der Waals surface area contributed by atoms with Crippen LogP contribution < -0.4 is 5.32 Å². The first-order chi connectivity index (χ1) is 8.83. The number of ether oxygens (including phenoxy) is 1. The highest BCUT2D eigenvalue weighted by Gasteiger charge is 2.23. The van der Waals surface area contributed by atoms with Gasteiger partial charge in [-0.1, -0.05) is 44.2 Å². The van der Waals surface area contributed by atoms with Gasteiger partial charge < -0.3 is 10.1 Å². The summed E-state index contributed by atoms with van der Waals surface area (Å²) in [6, 6.07) is 11.9. The van der Waals surface area contributed by atoms with Crippen molar-refractivity contribution < 1.29 is 4.74 Å². The van der Waals surface area contributed by atoms with E-state index in [2.05, 4.69) is 49.5 Å². The predicted octanol–water partition coefficient (Wildman–Crippen LogP) is 3.68. The van der Waals surface area contributed by atoms with Gasteiger partial charge in [0.1, 0.15) is 0 Å². The van der Waals surface area contributed by atoms with Crippen LogP contribution in [0.25, 0.3) is 0 Å². The predicted molar refractivity (Wildman–Crippen MR) is 75.7 cm³/mol. The van der Waals surface area contributed by atoms with Gasteiger partial charge in [-0.15, -0.1) is 0 Å². The minimum atomic E-state index is 0.449. The Morgan fingerprint density at radius 1 is 1.28 bits per heavy atom. The molecule has 1 N–H and O–H groups in total. The molecule has 1 aliphatic heterocycles. The van der Waals surface area contributed by atoms with Gasteiger partial charge in [-0.3, -0.25) is 0 Å². The van der Waals surface area contributed by atoms with E-state index in [0.29, 0.717) is 18.2 Å². The molecular weight excluding hydrogens is 222 g/mol. The average molecular weight is 247 g/mol. The van der Waals surface area contributed by atoms with Crippen molar-refractivity contribution >= 4 is 0 Å². The van der Waals surface area contributed by atoms with Crippen LogP contribution in [0.2, 0.25) is 0 Å². The summed E-state index contributed by atoms with van der Waals surface area (Å²) in [4.78, 5) is 0. The molecule has 1 aromatic carbocycles. The molecule has 1 fully saturated rings. The minimum Gasteiger partial charge on any atom is -0.378 e. The van der Waals surface area contributed by atoms with Crippen LogP contribution in [0.4, 0.5) is 0 Å². The minimum absolute atomic E-state index is 0.449. The van der Waals surface area contributed by atoms with Crippen molar-refractivity contribution in [1.82, 2.24) is 5.32 Å². The van der Waals surface area contributed by atoms with Crippen molar-refractivity contribution in [2.75, 3.05) is 6.61 Å². The van der Waals surface area contributed by atoms with Crippen LogP contribution in [0.1, 0.15) is 51.1 Å². The monoisotopic (exact) mass is 247 g/mol. The molecule has 0 aromatic heterocycles. The van der Waals surface area contributed by atoms with Crippen molar-refractivity contribution in [3.05, 3.63) is 35.9 Å². The number of hydrogen-bond donors (Lipinski definition) is 1. The lowest BCUT2D eigenvalue weighted by Gasteiger charge is -2.32. The molecule has 1 heterocycles. The van der Waals surface area contributed by atoms with Crippen LogP contribution in [0.3, 0.4) is 0 Å². The summed E-state index contributed by atoms with van der Waals surface area (Å²) in [6.07, 6.45) is 5.00. The topological polar surface area (TPSA) is 21.3 Å². The molecule has 1 aromatic rings. The van der Waals surface area contributed by atoms with Gasteiger partial charge in [0.15, 0.2) is 0 Å². The number of rotatable bonds is 5. The molecule has 0 amide bonds. The Labute approximate surface area is 111 Å². The van der Waals surface area contributed by atoms with Crippen molar-refractivity contribution in [2.45, 2.75) is 57.7 Å². The van der Waals surface area contributed by atoms with E-state index in [0.717, 1.165) is 32.3 Å². The van der Waals surface area contributed by atoms with Crippen LogP contribution in [-0.2, 0) is 4.74 Å². The summed E-state index contributed by atoms with van der Waals surface area (Å²) in [6.45, 7) is 5.37. The summed E-state index contributed by atoms with van der Waals surface area (Å²) in [5.41, 5.74) is 1.40. The van der Waals surface area contributed by atoms with E-state index in [-0.39, 0.29) is 0 Å². The molecule has 1 saturated heterocycles. The molecular formula is C16H25NO. The van der Waals surface area contributed by atoms with E-state index >= 15 is 0 Å². The lowest BCUT2D eigenvalue weighted by molar-refractivity contribution is -0.00210. The lowest BCUT2D eigenvalue weighted by Crippen LogP contribution is -2.40. The third-order valence-corrected chi connectivity index (χ3v) is 3.87. The molecule has 1 aliphatic rings. The summed E-state index contributed by atoms with van der Waals surface area (Å²) >= 11 is 0. The molecule has 2 nitrogen and oxygen atoms in total. The van der Waals surface area contributed by atoms with Gasteiger partial charge in [-0.05, 0) is 31.2 Å². The van der Waals surface area contributed by atoms with Gasteiger partial charge in [0, 0.05) is 18.7 Å². The molecule has 100 valence electrons. The largest absolute Gasteiger partial charge is 0.378 e. The van der Waals surface area contributed by atoms with Crippen molar-refractivity contribution in [2.24, 2.45) is 0 Å². The highest BCUT2D eigenvalue weighted by Crippen LogP contribution is 2.22. The van der Waals surface area contributed by atoms with E-state index in [4.69, 9.17) is 4.74 Å². The maximum Gasteiger partial charge on any atom is 0.0587 e. The number of benzene rings is 1. The second-order valence-corrected chi connectivity index (χ2v) is 5.16. The smallest absolute Gasteiger partial charge is 0.0587 e. The van der Waals surface area contributed by atoms with Gasteiger partial charge in [-0.25, -0.2) is 0 Å².